The number of benzene rings is 1. The van der Waals surface area contributed by atoms with Crippen molar-refractivity contribution in [2.24, 2.45) is 0 Å². The van der Waals surface area contributed by atoms with E-state index in [0.29, 0.717) is 11.8 Å². The number of likely N-dealkylation sites (N-methyl/N-ethyl adjacent to an activating group) is 1. The fraction of sp³-hybridized carbons (Fsp3) is 0.400. The molecule has 27 heavy (non-hydrogen) atoms. The van der Waals surface area contributed by atoms with Crippen molar-refractivity contribution in [2.45, 2.75) is 13.0 Å². The maximum atomic E-state index is 9.39. The Morgan fingerprint density at radius 2 is 1.85 bits per heavy atom. The topological polar surface area (TPSA) is 76.6 Å². The predicted molar refractivity (Wildman–Crippen MR) is 112 cm³/mol. The van der Waals surface area contributed by atoms with Crippen LogP contribution in [0.4, 0.5) is 23.1 Å². The van der Waals surface area contributed by atoms with E-state index in [1.807, 2.05) is 13.1 Å². The van der Waals surface area contributed by atoms with Gasteiger partial charge in [0.2, 0.25) is 5.95 Å². The second kappa shape index (κ2) is 8.83. The minimum absolute atomic E-state index is 0.508. The molecule has 0 spiro atoms. The average Bonchev–Trinajstić information content (AvgIpc) is 2.68. The molecular formula is C20H28N6O. The summed E-state index contributed by atoms with van der Waals surface area (Å²) in [6.45, 7) is 6.00. The molecule has 2 heterocycles. The fourth-order valence-electron chi connectivity index (χ4n) is 2.97. The van der Waals surface area contributed by atoms with Gasteiger partial charge in [-0.05, 0) is 38.2 Å². The monoisotopic (exact) mass is 368 g/mol. The molecule has 1 aromatic carbocycles. The first-order chi connectivity index (χ1) is 13.0. The van der Waals surface area contributed by atoms with Gasteiger partial charge in [0.1, 0.15) is 5.82 Å². The zero-order valence-electron chi connectivity index (χ0n) is 16.2. The molecule has 1 fully saturated rings. The molecule has 1 atom stereocenters. The van der Waals surface area contributed by atoms with E-state index in [4.69, 9.17) is 0 Å². The number of anilines is 4. The lowest BCUT2D eigenvalue weighted by molar-refractivity contribution is 0.245. The first-order valence-electron chi connectivity index (χ1n) is 9.27. The first-order valence-corrected chi connectivity index (χ1v) is 9.27. The molecule has 144 valence electrons. The Hall–Kier alpha value is -2.64. The molecule has 7 heteroatoms. The summed E-state index contributed by atoms with van der Waals surface area (Å²) >= 11 is 0. The van der Waals surface area contributed by atoms with Gasteiger partial charge in [-0.2, -0.15) is 4.98 Å². The van der Waals surface area contributed by atoms with Crippen molar-refractivity contribution in [1.29, 1.82) is 0 Å². The Morgan fingerprint density at radius 3 is 2.48 bits per heavy atom. The number of aliphatic hydroxyl groups excluding tert-OH is 1. The Bertz CT molecular complexity index is 767. The zero-order chi connectivity index (χ0) is 19.2. The summed E-state index contributed by atoms with van der Waals surface area (Å²) < 4.78 is 0. The minimum Gasteiger partial charge on any atom is -0.389 e. The lowest BCUT2D eigenvalue weighted by Gasteiger charge is -2.34. The third-order valence-corrected chi connectivity index (χ3v) is 4.60. The molecule has 2 aromatic rings. The maximum Gasteiger partial charge on any atom is 0.229 e. The van der Waals surface area contributed by atoms with Crippen molar-refractivity contribution >= 4 is 29.2 Å². The molecule has 7 nitrogen and oxygen atoms in total. The molecule has 3 N–H and O–H groups in total. The number of piperazine rings is 1. The summed E-state index contributed by atoms with van der Waals surface area (Å²) in [5.74, 6) is 1.24. The van der Waals surface area contributed by atoms with Crippen LogP contribution in [0.5, 0.6) is 0 Å². The van der Waals surface area contributed by atoms with E-state index in [9.17, 15) is 5.11 Å². The van der Waals surface area contributed by atoms with E-state index >= 15 is 0 Å². The number of hydrogen-bond acceptors (Lipinski definition) is 7. The van der Waals surface area contributed by atoms with Crippen LogP contribution in [0.1, 0.15) is 12.5 Å². The number of nitrogens with zero attached hydrogens (tertiary/aromatic N) is 4. The van der Waals surface area contributed by atoms with Crippen LogP contribution >= 0.6 is 0 Å². The molecular weight excluding hydrogens is 340 g/mol. The minimum atomic E-state index is -0.508. The highest BCUT2D eigenvalue weighted by molar-refractivity contribution is 5.65. The molecule has 0 aliphatic carbocycles. The molecule has 1 unspecified atom stereocenters. The van der Waals surface area contributed by atoms with Crippen molar-refractivity contribution in [3.63, 3.8) is 0 Å². The van der Waals surface area contributed by atoms with Gasteiger partial charge in [-0.25, -0.2) is 4.98 Å². The number of nitrogens with one attached hydrogen (secondary N) is 2. The third kappa shape index (κ3) is 5.18. The van der Waals surface area contributed by atoms with Crippen LogP contribution in [0.15, 0.2) is 36.5 Å². The SMILES string of the molecule is CNc1nc(Nc2ccc(N3CCN(C)CC3)cc2)ncc1/C=C/C(C)O. The van der Waals surface area contributed by atoms with E-state index < -0.39 is 6.10 Å². The molecule has 0 amide bonds. The van der Waals surface area contributed by atoms with Crippen LogP contribution in [0, 0.1) is 0 Å². The Labute approximate surface area is 160 Å². The van der Waals surface area contributed by atoms with Crippen molar-refractivity contribution in [3.05, 3.63) is 42.1 Å². The number of rotatable bonds is 6. The number of hydrogen-bond donors (Lipinski definition) is 3. The van der Waals surface area contributed by atoms with E-state index in [0.717, 1.165) is 37.4 Å². The number of aromatic nitrogens is 2. The van der Waals surface area contributed by atoms with Crippen LogP contribution in [-0.4, -0.2) is 66.4 Å². The van der Waals surface area contributed by atoms with E-state index in [-0.39, 0.29) is 0 Å². The van der Waals surface area contributed by atoms with Gasteiger partial charge in [0.15, 0.2) is 0 Å². The van der Waals surface area contributed by atoms with Gasteiger partial charge >= 0.3 is 0 Å². The molecule has 0 saturated carbocycles. The molecule has 1 saturated heterocycles. The second-order valence-corrected chi connectivity index (χ2v) is 6.81. The van der Waals surface area contributed by atoms with Crippen LogP contribution < -0.4 is 15.5 Å². The van der Waals surface area contributed by atoms with Gasteiger partial charge in [0, 0.05) is 56.4 Å². The summed E-state index contributed by atoms with van der Waals surface area (Å²) in [5, 5.41) is 15.7. The summed E-state index contributed by atoms with van der Waals surface area (Å²) in [5.41, 5.74) is 3.01. The largest absolute Gasteiger partial charge is 0.389 e. The summed E-state index contributed by atoms with van der Waals surface area (Å²) in [4.78, 5) is 13.6. The van der Waals surface area contributed by atoms with Crippen LogP contribution in [0.2, 0.25) is 0 Å². The smallest absolute Gasteiger partial charge is 0.229 e. The van der Waals surface area contributed by atoms with E-state index in [1.165, 1.54) is 5.69 Å². The average molecular weight is 368 g/mol. The molecule has 1 aliphatic heterocycles. The van der Waals surface area contributed by atoms with Gasteiger partial charge in [-0.3, -0.25) is 0 Å². The highest BCUT2D eigenvalue weighted by Crippen LogP contribution is 2.22. The quantitative estimate of drug-likeness (QED) is 0.723. The number of aliphatic hydroxyl groups is 1. The van der Waals surface area contributed by atoms with Gasteiger partial charge in [0.25, 0.3) is 0 Å². The van der Waals surface area contributed by atoms with E-state index in [1.54, 1.807) is 19.2 Å². The fourth-order valence-corrected chi connectivity index (χ4v) is 2.97. The van der Waals surface area contributed by atoms with Gasteiger partial charge in [-0.15, -0.1) is 0 Å². The second-order valence-electron chi connectivity index (χ2n) is 6.81. The molecule has 0 radical (unpaired) electrons. The highest BCUT2D eigenvalue weighted by atomic mass is 16.3. The van der Waals surface area contributed by atoms with Crippen molar-refractivity contribution < 1.29 is 5.11 Å². The Morgan fingerprint density at radius 1 is 1.15 bits per heavy atom. The van der Waals surface area contributed by atoms with Crippen LogP contribution in [0.3, 0.4) is 0 Å². The third-order valence-electron chi connectivity index (χ3n) is 4.60. The van der Waals surface area contributed by atoms with Gasteiger partial charge in [0.05, 0.1) is 6.10 Å². The lowest BCUT2D eigenvalue weighted by atomic mass is 10.2. The van der Waals surface area contributed by atoms with Crippen molar-refractivity contribution in [3.8, 4) is 0 Å². The van der Waals surface area contributed by atoms with Crippen molar-refractivity contribution in [2.75, 3.05) is 55.8 Å². The molecule has 1 aromatic heterocycles. The first kappa shape index (κ1) is 19.1. The molecule has 0 bridgehead atoms. The van der Waals surface area contributed by atoms with E-state index in [2.05, 4.69) is 61.7 Å². The highest BCUT2D eigenvalue weighted by Gasteiger charge is 2.14. The Kier molecular flexibility index (Phi) is 6.26. The summed E-state index contributed by atoms with van der Waals surface area (Å²) in [6.07, 6.45) is 4.74. The van der Waals surface area contributed by atoms with Gasteiger partial charge in [-0.1, -0.05) is 12.2 Å². The van der Waals surface area contributed by atoms with Crippen molar-refractivity contribution in [1.82, 2.24) is 14.9 Å². The standard InChI is InChI=1S/C20H28N6O/c1-15(27)4-5-16-14-22-20(24-19(16)21-2)23-17-6-8-18(9-7-17)26-12-10-25(3)11-13-26/h4-9,14-15,27H,10-13H2,1-3H3,(H2,21,22,23,24)/b5-4+. The summed E-state index contributed by atoms with van der Waals surface area (Å²) in [7, 11) is 3.98. The molecule has 3 rings (SSSR count). The Balaban J connectivity index is 1.68. The normalized spacial score (nSPS) is 16.5. The zero-order valence-corrected chi connectivity index (χ0v) is 16.2. The van der Waals surface area contributed by atoms with Gasteiger partial charge < -0.3 is 25.5 Å². The molecule has 1 aliphatic rings. The van der Waals surface area contributed by atoms with Crippen LogP contribution in [0.25, 0.3) is 6.08 Å². The summed E-state index contributed by atoms with van der Waals surface area (Å²) in [6, 6.07) is 8.37. The predicted octanol–water partition coefficient (Wildman–Crippen LogP) is 2.41. The maximum absolute atomic E-state index is 9.39. The lowest BCUT2D eigenvalue weighted by Crippen LogP contribution is -2.44. The van der Waals surface area contributed by atoms with Crippen LogP contribution in [-0.2, 0) is 0 Å².